The lowest BCUT2D eigenvalue weighted by molar-refractivity contribution is 0.0739. The van der Waals surface area contributed by atoms with E-state index in [0.29, 0.717) is 48.5 Å². The summed E-state index contributed by atoms with van der Waals surface area (Å²) in [6, 6.07) is 13.4. The Morgan fingerprint density at radius 1 is 0.841 bits per heavy atom. The minimum atomic E-state index is 0.0290. The number of hydrogen-bond donors (Lipinski definition) is 1. The number of imidazole rings is 2. The van der Waals surface area contributed by atoms with Gasteiger partial charge in [-0.15, -0.1) is 0 Å². The van der Waals surface area contributed by atoms with Gasteiger partial charge in [0.2, 0.25) is 5.95 Å². The number of fused-ring (bicyclic) bond motifs is 1. The Hall–Kier alpha value is -4.14. The van der Waals surface area contributed by atoms with Crippen molar-refractivity contribution in [1.82, 2.24) is 28.9 Å². The van der Waals surface area contributed by atoms with Gasteiger partial charge in [-0.25, -0.2) is 9.97 Å². The van der Waals surface area contributed by atoms with E-state index in [1.54, 1.807) is 6.20 Å². The summed E-state index contributed by atoms with van der Waals surface area (Å²) in [5.41, 5.74) is 3.94. The molecule has 0 unspecified atom stereocenters. The highest BCUT2D eigenvalue weighted by atomic mass is 16.2. The number of aryl methyl sites for hydroxylation is 2. The third-order valence-electron chi connectivity index (χ3n) is 8.03. The number of rotatable bonds is 16. The van der Waals surface area contributed by atoms with Crippen LogP contribution in [0, 0.1) is 11.8 Å². The molecule has 4 aromatic rings. The van der Waals surface area contributed by atoms with Gasteiger partial charge >= 0.3 is 0 Å². The number of carbonyl (C=O) groups excluding carboxylic acids is 2. The van der Waals surface area contributed by atoms with Crippen molar-refractivity contribution in [2.75, 3.05) is 31.5 Å². The predicted molar refractivity (Wildman–Crippen MR) is 178 cm³/mol. The second-order valence-electron chi connectivity index (χ2n) is 12.3. The number of carbonyl (C=O) groups is 2. The highest BCUT2D eigenvalue weighted by Crippen LogP contribution is 2.26. The van der Waals surface area contributed by atoms with Gasteiger partial charge in [-0.3, -0.25) is 9.59 Å². The quantitative estimate of drug-likeness (QED) is 0.149. The molecule has 0 spiro atoms. The molecular weight excluding hydrogens is 550 g/mol. The van der Waals surface area contributed by atoms with E-state index in [-0.39, 0.29) is 11.8 Å². The molecule has 2 amide bonds. The molecule has 2 heterocycles. The van der Waals surface area contributed by atoms with Crippen LogP contribution in [0.4, 0.5) is 11.6 Å². The lowest BCUT2D eigenvalue weighted by Gasteiger charge is -2.24. The Balaban J connectivity index is 1.63. The molecule has 0 saturated heterocycles. The van der Waals surface area contributed by atoms with Crippen LogP contribution in [0.5, 0.6) is 0 Å². The van der Waals surface area contributed by atoms with E-state index in [1.807, 2.05) is 78.6 Å². The zero-order valence-electron chi connectivity index (χ0n) is 27.3. The summed E-state index contributed by atoms with van der Waals surface area (Å²) < 4.78 is 4.22. The number of nitrogens with zero attached hydrogens (tertiary/aromatic N) is 6. The molecule has 0 aliphatic rings. The molecule has 0 aliphatic heterocycles. The van der Waals surface area contributed by atoms with E-state index in [2.05, 4.69) is 47.1 Å². The maximum atomic E-state index is 13.8. The first kappa shape index (κ1) is 32.8. The van der Waals surface area contributed by atoms with E-state index in [9.17, 15) is 9.59 Å². The topological polar surface area (TPSA) is 88.3 Å². The highest BCUT2D eigenvalue weighted by Gasteiger charge is 2.20. The zero-order chi connectivity index (χ0) is 31.6. The van der Waals surface area contributed by atoms with Gasteiger partial charge in [-0.05, 0) is 87.4 Å². The van der Waals surface area contributed by atoms with Gasteiger partial charge in [-0.1, -0.05) is 27.7 Å². The van der Waals surface area contributed by atoms with Crippen molar-refractivity contribution in [1.29, 1.82) is 0 Å². The number of anilines is 2. The first-order valence-corrected chi connectivity index (χ1v) is 16.1. The molecule has 0 fully saturated rings. The van der Waals surface area contributed by atoms with Gasteiger partial charge in [0, 0.05) is 68.5 Å². The molecule has 2 aromatic heterocycles. The maximum Gasteiger partial charge on any atom is 0.253 e. The average Bonchev–Trinajstić information content (AvgIpc) is 3.65. The minimum absolute atomic E-state index is 0.0290. The van der Waals surface area contributed by atoms with Crippen LogP contribution >= 0.6 is 0 Å². The standard InChI is InChI=1S/C35H49N7O2/c1-7-40(8-2)33(43)28-10-13-30(14-11-28)37-35-38-31-15-12-29(34(44)41(21-16-26(3)4)22-17-27(5)6)24-32(31)42(35)20-9-19-39-23-18-36-25-39/h10-15,18,23-27H,7-9,16-17,19-22H2,1-6H3,(H,37,38). The van der Waals surface area contributed by atoms with Gasteiger partial charge in [0.15, 0.2) is 0 Å². The summed E-state index contributed by atoms with van der Waals surface area (Å²) in [6.07, 6.45) is 8.40. The van der Waals surface area contributed by atoms with E-state index in [1.165, 1.54) is 0 Å². The third kappa shape index (κ3) is 8.49. The first-order chi connectivity index (χ1) is 21.2. The monoisotopic (exact) mass is 599 g/mol. The fourth-order valence-electron chi connectivity index (χ4n) is 5.25. The van der Waals surface area contributed by atoms with Crippen LogP contribution in [0.1, 0.15) is 81.5 Å². The van der Waals surface area contributed by atoms with Gasteiger partial charge in [0.25, 0.3) is 11.8 Å². The molecule has 2 aromatic carbocycles. The van der Waals surface area contributed by atoms with Gasteiger partial charge in [0.1, 0.15) is 0 Å². The number of hydrogen-bond acceptors (Lipinski definition) is 5. The van der Waals surface area contributed by atoms with Crippen LogP contribution in [0.3, 0.4) is 0 Å². The first-order valence-electron chi connectivity index (χ1n) is 16.1. The number of benzene rings is 2. The van der Waals surface area contributed by atoms with Crippen LogP contribution in [0.15, 0.2) is 61.2 Å². The average molecular weight is 600 g/mol. The summed E-state index contributed by atoms with van der Waals surface area (Å²) in [4.78, 5) is 39.5. The van der Waals surface area contributed by atoms with Crippen molar-refractivity contribution in [3.8, 4) is 0 Å². The molecule has 9 nitrogen and oxygen atoms in total. The summed E-state index contributed by atoms with van der Waals surface area (Å²) in [5, 5.41) is 3.48. The molecule has 0 atom stereocenters. The Labute approximate surface area is 262 Å². The second kappa shape index (κ2) is 15.5. The normalized spacial score (nSPS) is 11.5. The van der Waals surface area contributed by atoms with Crippen molar-refractivity contribution in [2.24, 2.45) is 11.8 Å². The molecule has 0 saturated carbocycles. The summed E-state index contributed by atoms with van der Waals surface area (Å²) in [7, 11) is 0. The van der Waals surface area contributed by atoms with Crippen molar-refractivity contribution in [3.63, 3.8) is 0 Å². The van der Waals surface area contributed by atoms with Crippen LogP contribution < -0.4 is 5.32 Å². The molecule has 236 valence electrons. The Bertz CT molecular complexity index is 1470. The summed E-state index contributed by atoms with van der Waals surface area (Å²) in [5.74, 6) is 1.86. The third-order valence-corrected chi connectivity index (χ3v) is 8.03. The summed E-state index contributed by atoms with van der Waals surface area (Å²) in [6.45, 7) is 17.2. The maximum absolute atomic E-state index is 13.8. The molecule has 4 rings (SSSR count). The fourth-order valence-corrected chi connectivity index (χ4v) is 5.25. The van der Waals surface area contributed by atoms with E-state index < -0.39 is 0 Å². The molecular formula is C35H49N7O2. The van der Waals surface area contributed by atoms with E-state index in [4.69, 9.17) is 4.98 Å². The molecule has 0 radical (unpaired) electrons. The van der Waals surface area contributed by atoms with Gasteiger partial charge in [0.05, 0.1) is 17.4 Å². The van der Waals surface area contributed by atoms with E-state index >= 15 is 0 Å². The van der Waals surface area contributed by atoms with Crippen molar-refractivity contribution in [3.05, 3.63) is 72.3 Å². The predicted octanol–water partition coefficient (Wildman–Crippen LogP) is 7.08. The SMILES string of the molecule is CCN(CC)C(=O)c1ccc(Nc2nc3ccc(C(=O)N(CCC(C)C)CCC(C)C)cc3n2CCCn2ccnc2)cc1. The number of nitrogens with one attached hydrogen (secondary N) is 1. The summed E-state index contributed by atoms with van der Waals surface area (Å²) >= 11 is 0. The van der Waals surface area contributed by atoms with Gasteiger partial charge < -0.3 is 24.3 Å². The van der Waals surface area contributed by atoms with Crippen LogP contribution in [0.2, 0.25) is 0 Å². The lowest BCUT2D eigenvalue weighted by atomic mass is 10.1. The molecule has 9 heteroatoms. The van der Waals surface area contributed by atoms with Crippen molar-refractivity contribution >= 4 is 34.5 Å². The lowest BCUT2D eigenvalue weighted by Crippen LogP contribution is -2.34. The largest absolute Gasteiger partial charge is 0.339 e. The smallest absolute Gasteiger partial charge is 0.253 e. The fraction of sp³-hybridized carbons (Fsp3) is 0.486. The highest BCUT2D eigenvalue weighted by molar-refractivity contribution is 5.98. The second-order valence-corrected chi connectivity index (χ2v) is 12.3. The van der Waals surface area contributed by atoms with Crippen molar-refractivity contribution < 1.29 is 9.59 Å². The zero-order valence-corrected chi connectivity index (χ0v) is 27.3. The van der Waals surface area contributed by atoms with Crippen LogP contribution in [-0.4, -0.2) is 66.9 Å². The minimum Gasteiger partial charge on any atom is -0.339 e. The Morgan fingerprint density at radius 2 is 1.48 bits per heavy atom. The van der Waals surface area contributed by atoms with Crippen LogP contribution in [-0.2, 0) is 13.1 Å². The molecule has 0 bridgehead atoms. The molecule has 1 N–H and O–H groups in total. The Morgan fingerprint density at radius 3 is 2.07 bits per heavy atom. The number of amides is 2. The van der Waals surface area contributed by atoms with Crippen LogP contribution in [0.25, 0.3) is 11.0 Å². The molecule has 0 aliphatic carbocycles. The van der Waals surface area contributed by atoms with Gasteiger partial charge in [-0.2, -0.15) is 0 Å². The van der Waals surface area contributed by atoms with Crippen molar-refractivity contribution in [2.45, 2.75) is 73.9 Å². The number of aromatic nitrogens is 4. The molecule has 44 heavy (non-hydrogen) atoms. The van der Waals surface area contributed by atoms with E-state index in [0.717, 1.165) is 55.6 Å². The Kier molecular flexibility index (Phi) is 11.6.